The zero-order chi connectivity index (χ0) is 12.4. The smallest absolute Gasteiger partial charge is 0.159 e. The SMILES string of the molecule is COCc1nnc2n1CCNC2c1ccncc1. The van der Waals surface area contributed by atoms with Gasteiger partial charge in [-0.25, -0.2) is 0 Å². The zero-order valence-corrected chi connectivity index (χ0v) is 10.2. The second-order valence-electron chi connectivity index (χ2n) is 4.23. The van der Waals surface area contributed by atoms with Crippen LogP contribution in [0.25, 0.3) is 0 Å². The number of hydrogen-bond donors (Lipinski definition) is 1. The van der Waals surface area contributed by atoms with Crippen molar-refractivity contribution >= 4 is 0 Å². The lowest BCUT2D eigenvalue weighted by atomic mass is 10.1. The fourth-order valence-corrected chi connectivity index (χ4v) is 2.28. The van der Waals surface area contributed by atoms with E-state index in [2.05, 4.69) is 25.1 Å². The molecule has 0 saturated carbocycles. The Bertz CT molecular complexity index is 525. The maximum absolute atomic E-state index is 5.14. The van der Waals surface area contributed by atoms with Crippen molar-refractivity contribution in [2.75, 3.05) is 13.7 Å². The first-order valence-corrected chi connectivity index (χ1v) is 5.94. The lowest BCUT2D eigenvalue weighted by Crippen LogP contribution is -2.35. The topological polar surface area (TPSA) is 64.9 Å². The van der Waals surface area contributed by atoms with Crippen LogP contribution in [-0.2, 0) is 17.9 Å². The van der Waals surface area contributed by atoms with Crippen LogP contribution in [0.2, 0.25) is 0 Å². The molecule has 0 aromatic carbocycles. The summed E-state index contributed by atoms with van der Waals surface area (Å²) in [5, 5.41) is 11.9. The van der Waals surface area contributed by atoms with Gasteiger partial charge in [0.25, 0.3) is 0 Å². The summed E-state index contributed by atoms with van der Waals surface area (Å²) in [6, 6.07) is 4.08. The summed E-state index contributed by atoms with van der Waals surface area (Å²) in [6.07, 6.45) is 3.59. The number of hydrogen-bond acceptors (Lipinski definition) is 5. The van der Waals surface area contributed by atoms with Gasteiger partial charge in [-0.3, -0.25) is 4.98 Å². The van der Waals surface area contributed by atoms with Gasteiger partial charge in [-0.1, -0.05) is 0 Å². The van der Waals surface area contributed by atoms with Gasteiger partial charge in [-0.2, -0.15) is 0 Å². The van der Waals surface area contributed by atoms with E-state index in [9.17, 15) is 0 Å². The van der Waals surface area contributed by atoms with Gasteiger partial charge in [-0.15, -0.1) is 10.2 Å². The highest BCUT2D eigenvalue weighted by Crippen LogP contribution is 2.23. The lowest BCUT2D eigenvalue weighted by molar-refractivity contribution is 0.173. The Hall–Kier alpha value is -1.79. The molecule has 0 fully saturated rings. The molecule has 1 atom stereocenters. The summed E-state index contributed by atoms with van der Waals surface area (Å²) in [6.45, 7) is 2.27. The molecule has 2 aromatic heterocycles. The minimum Gasteiger partial charge on any atom is -0.377 e. The summed E-state index contributed by atoms with van der Waals surface area (Å²) >= 11 is 0. The summed E-state index contributed by atoms with van der Waals surface area (Å²) in [5.74, 6) is 1.83. The Balaban J connectivity index is 1.98. The molecule has 1 aliphatic heterocycles. The molecule has 1 N–H and O–H groups in total. The molecule has 0 saturated heterocycles. The van der Waals surface area contributed by atoms with Gasteiger partial charge >= 0.3 is 0 Å². The van der Waals surface area contributed by atoms with E-state index in [-0.39, 0.29) is 6.04 Å². The van der Waals surface area contributed by atoms with Gasteiger partial charge in [0, 0.05) is 32.6 Å². The molecule has 18 heavy (non-hydrogen) atoms. The number of aromatic nitrogens is 4. The molecule has 2 aromatic rings. The summed E-state index contributed by atoms with van der Waals surface area (Å²) in [4.78, 5) is 4.04. The molecule has 3 heterocycles. The van der Waals surface area contributed by atoms with E-state index in [1.165, 1.54) is 0 Å². The molecule has 6 heteroatoms. The van der Waals surface area contributed by atoms with Gasteiger partial charge in [0.1, 0.15) is 6.61 Å². The van der Waals surface area contributed by atoms with Crippen LogP contribution in [0.15, 0.2) is 24.5 Å². The van der Waals surface area contributed by atoms with Crippen LogP contribution in [-0.4, -0.2) is 33.4 Å². The van der Waals surface area contributed by atoms with Gasteiger partial charge in [-0.05, 0) is 17.7 Å². The first-order chi connectivity index (χ1) is 8.90. The normalized spacial score (nSPS) is 18.6. The number of rotatable bonds is 3. The summed E-state index contributed by atoms with van der Waals surface area (Å²) in [5.41, 5.74) is 1.15. The van der Waals surface area contributed by atoms with Gasteiger partial charge in [0.15, 0.2) is 11.6 Å². The number of pyridine rings is 1. The van der Waals surface area contributed by atoms with Crippen LogP contribution in [0.3, 0.4) is 0 Å². The average Bonchev–Trinajstić information content (AvgIpc) is 2.84. The fourth-order valence-electron chi connectivity index (χ4n) is 2.28. The standard InChI is InChI=1S/C12H15N5O/c1-18-8-10-15-16-12-11(14-6-7-17(10)12)9-2-4-13-5-3-9/h2-5,11,14H,6-8H2,1H3. The minimum absolute atomic E-state index is 0.0832. The molecule has 0 aliphatic carbocycles. The molecule has 0 bridgehead atoms. The van der Waals surface area contributed by atoms with Crippen LogP contribution in [0.5, 0.6) is 0 Å². The quantitative estimate of drug-likeness (QED) is 0.853. The van der Waals surface area contributed by atoms with Crippen molar-refractivity contribution in [1.29, 1.82) is 0 Å². The van der Waals surface area contributed by atoms with Crippen LogP contribution in [0.1, 0.15) is 23.3 Å². The first-order valence-electron chi connectivity index (χ1n) is 5.94. The molecular weight excluding hydrogens is 230 g/mol. The van der Waals surface area contributed by atoms with Crippen molar-refractivity contribution in [2.45, 2.75) is 19.2 Å². The number of methoxy groups -OCH3 is 1. The number of fused-ring (bicyclic) bond motifs is 1. The molecule has 6 nitrogen and oxygen atoms in total. The molecule has 1 unspecified atom stereocenters. The molecule has 3 rings (SSSR count). The Morgan fingerprint density at radius 3 is 3.00 bits per heavy atom. The van der Waals surface area contributed by atoms with E-state index >= 15 is 0 Å². The predicted octanol–water partition coefficient (Wildman–Crippen LogP) is 0.512. The molecule has 0 spiro atoms. The maximum Gasteiger partial charge on any atom is 0.159 e. The highest BCUT2D eigenvalue weighted by atomic mass is 16.5. The highest BCUT2D eigenvalue weighted by molar-refractivity contribution is 5.24. The van der Waals surface area contributed by atoms with Crippen molar-refractivity contribution in [3.63, 3.8) is 0 Å². The van der Waals surface area contributed by atoms with Crippen molar-refractivity contribution < 1.29 is 4.74 Å². The third kappa shape index (κ3) is 1.89. The van der Waals surface area contributed by atoms with Gasteiger partial charge < -0.3 is 14.6 Å². The maximum atomic E-state index is 5.14. The van der Waals surface area contributed by atoms with Crippen LogP contribution in [0, 0.1) is 0 Å². The van der Waals surface area contributed by atoms with E-state index in [1.54, 1.807) is 19.5 Å². The van der Waals surface area contributed by atoms with E-state index in [1.807, 2.05) is 12.1 Å². The van der Waals surface area contributed by atoms with E-state index in [0.717, 1.165) is 30.3 Å². The monoisotopic (exact) mass is 245 g/mol. The second-order valence-corrected chi connectivity index (χ2v) is 4.23. The molecule has 1 aliphatic rings. The lowest BCUT2D eigenvalue weighted by Gasteiger charge is -2.25. The highest BCUT2D eigenvalue weighted by Gasteiger charge is 2.25. The predicted molar refractivity (Wildman–Crippen MR) is 64.8 cm³/mol. The number of nitrogens with one attached hydrogen (secondary N) is 1. The Kier molecular flexibility index (Phi) is 3.04. The van der Waals surface area contributed by atoms with Crippen LogP contribution < -0.4 is 5.32 Å². The second kappa shape index (κ2) is 4.83. The van der Waals surface area contributed by atoms with Crippen molar-refractivity contribution in [1.82, 2.24) is 25.1 Å². The Labute approximate surface area is 105 Å². The van der Waals surface area contributed by atoms with Crippen molar-refractivity contribution in [3.05, 3.63) is 41.7 Å². The fraction of sp³-hybridized carbons (Fsp3) is 0.417. The Morgan fingerprint density at radius 1 is 1.39 bits per heavy atom. The first kappa shape index (κ1) is 11.3. The van der Waals surface area contributed by atoms with Gasteiger partial charge in [0.05, 0.1) is 6.04 Å². The van der Waals surface area contributed by atoms with Crippen molar-refractivity contribution in [2.24, 2.45) is 0 Å². The third-order valence-corrected chi connectivity index (χ3v) is 3.11. The van der Waals surface area contributed by atoms with E-state index < -0.39 is 0 Å². The number of nitrogens with zero attached hydrogens (tertiary/aromatic N) is 4. The van der Waals surface area contributed by atoms with E-state index in [4.69, 9.17) is 4.74 Å². The molecule has 0 radical (unpaired) electrons. The Morgan fingerprint density at radius 2 is 2.22 bits per heavy atom. The minimum atomic E-state index is 0.0832. The zero-order valence-electron chi connectivity index (χ0n) is 10.2. The van der Waals surface area contributed by atoms with E-state index in [0.29, 0.717) is 6.61 Å². The van der Waals surface area contributed by atoms with Crippen LogP contribution >= 0.6 is 0 Å². The van der Waals surface area contributed by atoms with Crippen LogP contribution in [0.4, 0.5) is 0 Å². The largest absolute Gasteiger partial charge is 0.377 e. The van der Waals surface area contributed by atoms with Gasteiger partial charge in [0.2, 0.25) is 0 Å². The average molecular weight is 245 g/mol. The summed E-state index contributed by atoms with van der Waals surface area (Å²) < 4.78 is 7.27. The van der Waals surface area contributed by atoms with Crippen molar-refractivity contribution in [3.8, 4) is 0 Å². The molecular formula is C12H15N5O. The summed E-state index contributed by atoms with van der Waals surface area (Å²) in [7, 11) is 1.67. The number of ether oxygens (including phenoxy) is 1. The molecule has 0 amide bonds. The molecule has 94 valence electrons. The third-order valence-electron chi connectivity index (χ3n) is 3.11.